The molecule has 1 N–H and O–H groups in total. The molecule has 4 heteroatoms. The van der Waals surface area contributed by atoms with Gasteiger partial charge < -0.3 is 5.32 Å². The van der Waals surface area contributed by atoms with E-state index in [1.165, 1.54) is 31.5 Å². The minimum atomic E-state index is 0.708. The Morgan fingerprint density at radius 2 is 1.92 bits per heavy atom. The Bertz CT molecular complexity index is 856. The second-order valence-electron chi connectivity index (χ2n) is 6.33. The zero-order valence-corrected chi connectivity index (χ0v) is 14.3. The second kappa shape index (κ2) is 6.80. The molecule has 4 rings (SSSR count). The minimum Gasteiger partial charge on any atom is -0.355 e. The molecule has 3 nitrogen and oxygen atoms in total. The normalized spacial score (nSPS) is 15.0. The van der Waals surface area contributed by atoms with Crippen molar-refractivity contribution in [1.82, 2.24) is 9.88 Å². The SMILES string of the molecule is Clc1ccc2c(Nc3cccc(CN4CCCC4)c3)ccnc2c1. The second-order valence-corrected chi connectivity index (χ2v) is 6.77. The van der Waals surface area contributed by atoms with Crippen molar-refractivity contribution in [3.05, 3.63) is 65.3 Å². The first-order chi connectivity index (χ1) is 11.8. The third-order valence-corrected chi connectivity index (χ3v) is 4.75. The lowest BCUT2D eigenvalue weighted by Crippen LogP contribution is -2.18. The number of hydrogen-bond donors (Lipinski definition) is 1. The molecule has 0 bridgehead atoms. The van der Waals surface area contributed by atoms with Gasteiger partial charge in [-0.3, -0.25) is 9.88 Å². The van der Waals surface area contributed by atoms with E-state index in [9.17, 15) is 0 Å². The van der Waals surface area contributed by atoms with Crippen LogP contribution >= 0.6 is 11.6 Å². The molecule has 1 aliphatic rings. The van der Waals surface area contributed by atoms with Crippen molar-refractivity contribution in [2.75, 3.05) is 18.4 Å². The van der Waals surface area contributed by atoms with E-state index in [-0.39, 0.29) is 0 Å². The maximum atomic E-state index is 6.07. The number of pyridine rings is 1. The van der Waals surface area contributed by atoms with Crippen LogP contribution in [0.15, 0.2) is 54.7 Å². The number of nitrogens with zero attached hydrogens (tertiary/aromatic N) is 2. The molecule has 0 saturated carbocycles. The molecule has 0 unspecified atom stereocenters. The van der Waals surface area contributed by atoms with Crippen molar-refractivity contribution < 1.29 is 0 Å². The quantitative estimate of drug-likeness (QED) is 0.706. The van der Waals surface area contributed by atoms with Crippen LogP contribution in [-0.4, -0.2) is 23.0 Å². The van der Waals surface area contributed by atoms with E-state index in [0.29, 0.717) is 5.02 Å². The summed E-state index contributed by atoms with van der Waals surface area (Å²) in [6.07, 6.45) is 4.46. The molecule has 0 amide bonds. The molecule has 1 aromatic heterocycles. The highest BCUT2D eigenvalue weighted by molar-refractivity contribution is 6.31. The molecule has 24 heavy (non-hydrogen) atoms. The van der Waals surface area contributed by atoms with Crippen molar-refractivity contribution in [3.8, 4) is 0 Å². The summed E-state index contributed by atoms with van der Waals surface area (Å²) in [6, 6.07) is 16.5. The molecule has 0 atom stereocenters. The molecule has 2 aromatic carbocycles. The fourth-order valence-electron chi connectivity index (χ4n) is 3.33. The number of hydrogen-bond acceptors (Lipinski definition) is 3. The fourth-order valence-corrected chi connectivity index (χ4v) is 3.50. The highest BCUT2D eigenvalue weighted by atomic mass is 35.5. The molecular formula is C20H20ClN3. The van der Waals surface area contributed by atoms with Crippen molar-refractivity contribution in [1.29, 1.82) is 0 Å². The summed E-state index contributed by atoms with van der Waals surface area (Å²) in [5.41, 5.74) is 4.41. The van der Waals surface area contributed by atoms with Crippen LogP contribution in [0.25, 0.3) is 10.9 Å². The van der Waals surface area contributed by atoms with Crippen LogP contribution in [0, 0.1) is 0 Å². The fraction of sp³-hybridized carbons (Fsp3) is 0.250. The zero-order valence-electron chi connectivity index (χ0n) is 13.5. The van der Waals surface area contributed by atoms with Crippen LogP contribution in [-0.2, 0) is 6.54 Å². The summed E-state index contributed by atoms with van der Waals surface area (Å²) in [5.74, 6) is 0. The number of aromatic nitrogens is 1. The first-order valence-electron chi connectivity index (χ1n) is 8.40. The highest BCUT2D eigenvalue weighted by Crippen LogP contribution is 2.27. The van der Waals surface area contributed by atoms with Gasteiger partial charge in [0.25, 0.3) is 0 Å². The summed E-state index contributed by atoms with van der Waals surface area (Å²) in [7, 11) is 0. The third kappa shape index (κ3) is 3.37. The van der Waals surface area contributed by atoms with E-state index in [4.69, 9.17) is 11.6 Å². The van der Waals surface area contributed by atoms with Crippen LogP contribution in [0.5, 0.6) is 0 Å². The highest BCUT2D eigenvalue weighted by Gasteiger charge is 2.12. The molecule has 1 aliphatic heterocycles. The van der Waals surface area contributed by atoms with Crippen molar-refractivity contribution >= 4 is 33.9 Å². The standard InChI is InChI=1S/C20H20ClN3/c21-16-6-7-18-19(8-9-22-20(18)13-16)23-17-5-3-4-15(12-17)14-24-10-1-2-11-24/h3-9,12-13H,1-2,10-11,14H2,(H,22,23). The Labute approximate surface area is 147 Å². The zero-order chi connectivity index (χ0) is 16.4. The van der Waals surface area contributed by atoms with Crippen molar-refractivity contribution in [2.24, 2.45) is 0 Å². The van der Waals surface area contributed by atoms with E-state index in [0.717, 1.165) is 28.8 Å². The lowest BCUT2D eigenvalue weighted by molar-refractivity contribution is 0.331. The van der Waals surface area contributed by atoms with Gasteiger partial charge in [0.15, 0.2) is 0 Å². The molecule has 1 fully saturated rings. The van der Waals surface area contributed by atoms with Crippen LogP contribution in [0.2, 0.25) is 5.02 Å². The number of halogens is 1. The van der Waals surface area contributed by atoms with Gasteiger partial charge in [-0.25, -0.2) is 0 Å². The van der Waals surface area contributed by atoms with Gasteiger partial charge in [-0.15, -0.1) is 0 Å². The Kier molecular flexibility index (Phi) is 4.37. The largest absolute Gasteiger partial charge is 0.355 e. The monoisotopic (exact) mass is 337 g/mol. The first-order valence-corrected chi connectivity index (χ1v) is 8.78. The van der Waals surface area contributed by atoms with Gasteiger partial charge in [0, 0.05) is 34.5 Å². The summed E-state index contributed by atoms with van der Waals surface area (Å²) < 4.78 is 0. The number of nitrogens with one attached hydrogen (secondary N) is 1. The lowest BCUT2D eigenvalue weighted by atomic mass is 10.1. The van der Waals surface area contributed by atoms with Crippen LogP contribution in [0.3, 0.4) is 0 Å². The molecule has 0 spiro atoms. The maximum Gasteiger partial charge on any atom is 0.0737 e. The molecule has 1 saturated heterocycles. The van der Waals surface area contributed by atoms with Crippen molar-refractivity contribution in [2.45, 2.75) is 19.4 Å². The number of likely N-dealkylation sites (tertiary alicyclic amines) is 1. The Balaban J connectivity index is 1.59. The molecule has 2 heterocycles. The molecule has 3 aromatic rings. The van der Waals surface area contributed by atoms with Crippen LogP contribution in [0.4, 0.5) is 11.4 Å². The summed E-state index contributed by atoms with van der Waals surface area (Å²) in [6.45, 7) is 3.46. The molecule has 0 aliphatic carbocycles. The number of benzene rings is 2. The Hall–Kier alpha value is -2.10. The first kappa shape index (κ1) is 15.4. The van der Waals surface area contributed by atoms with Gasteiger partial charge in [-0.2, -0.15) is 0 Å². The number of anilines is 2. The number of rotatable bonds is 4. The Morgan fingerprint density at radius 1 is 1.04 bits per heavy atom. The maximum absolute atomic E-state index is 6.07. The van der Waals surface area contributed by atoms with Gasteiger partial charge in [0.2, 0.25) is 0 Å². The average molecular weight is 338 g/mol. The lowest BCUT2D eigenvalue weighted by Gasteiger charge is -2.16. The smallest absolute Gasteiger partial charge is 0.0737 e. The molecule has 0 radical (unpaired) electrons. The predicted octanol–water partition coefficient (Wildman–Crippen LogP) is 5.23. The van der Waals surface area contributed by atoms with Gasteiger partial charge in [-0.1, -0.05) is 23.7 Å². The van der Waals surface area contributed by atoms with Crippen molar-refractivity contribution in [3.63, 3.8) is 0 Å². The van der Waals surface area contributed by atoms with Crippen LogP contribution < -0.4 is 5.32 Å². The third-order valence-electron chi connectivity index (χ3n) is 4.52. The van der Waals surface area contributed by atoms with Gasteiger partial charge >= 0.3 is 0 Å². The van der Waals surface area contributed by atoms with Gasteiger partial charge in [-0.05, 0) is 67.9 Å². The van der Waals surface area contributed by atoms with E-state index >= 15 is 0 Å². The van der Waals surface area contributed by atoms with Gasteiger partial charge in [0.05, 0.1) is 5.52 Å². The summed E-state index contributed by atoms with van der Waals surface area (Å²) in [4.78, 5) is 6.92. The van der Waals surface area contributed by atoms with Crippen LogP contribution in [0.1, 0.15) is 18.4 Å². The molecular weight excluding hydrogens is 318 g/mol. The summed E-state index contributed by atoms with van der Waals surface area (Å²) in [5, 5.41) is 5.31. The van der Waals surface area contributed by atoms with E-state index < -0.39 is 0 Å². The topological polar surface area (TPSA) is 28.2 Å². The Morgan fingerprint density at radius 3 is 2.79 bits per heavy atom. The van der Waals surface area contributed by atoms with Gasteiger partial charge in [0.1, 0.15) is 0 Å². The average Bonchev–Trinajstić information content (AvgIpc) is 3.08. The minimum absolute atomic E-state index is 0.708. The predicted molar refractivity (Wildman–Crippen MR) is 101 cm³/mol. The number of fused-ring (bicyclic) bond motifs is 1. The van der Waals surface area contributed by atoms with E-state index in [1.807, 2.05) is 30.5 Å². The van der Waals surface area contributed by atoms with E-state index in [1.54, 1.807) is 0 Å². The van der Waals surface area contributed by atoms with E-state index in [2.05, 4.69) is 39.5 Å². The summed E-state index contributed by atoms with van der Waals surface area (Å²) >= 11 is 6.07. The molecule has 122 valence electrons.